The monoisotopic (exact) mass is 194 g/mol. The molecule has 0 spiro atoms. The van der Waals surface area contributed by atoms with Gasteiger partial charge in [0.2, 0.25) is 0 Å². The lowest BCUT2D eigenvalue weighted by atomic mass is 9.91. The molecule has 0 amide bonds. The quantitative estimate of drug-likeness (QED) is 0.545. The van der Waals surface area contributed by atoms with Gasteiger partial charge < -0.3 is 0 Å². The maximum Gasteiger partial charge on any atom is -0.0288 e. The van der Waals surface area contributed by atoms with Gasteiger partial charge >= 0.3 is 0 Å². The number of hydrogen-bond donors (Lipinski definition) is 0. The van der Waals surface area contributed by atoms with Crippen LogP contribution in [0.2, 0.25) is 0 Å². The maximum absolute atomic E-state index is 2.39. The van der Waals surface area contributed by atoms with Crippen LogP contribution in [0.1, 0.15) is 60.8 Å². The predicted molar refractivity (Wildman–Crippen MR) is 66.5 cm³/mol. The van der Waals surface area contributed by atoms with Crippen molar-refractivity contribution in [1.29, 1.82) is 0 Å². The van der Waals surface area contributed by atoms with Crippen LogP contribution in [-0.2, 0) is 0 Å². The lowest BCUT2D eigenvalue weighted by Crippen LogP contribution is -2.02. The van der Waals surface area contributed by atoms with Gasteiger partial charge in [0.05, 0.1) is 0 Å². The van der Waals surface area contributed by atoms with E-state index in [1.165, 1.54) is 30.4 Å². The van der Waals surface area contributed by atoms with Gasteiger partial charge in [-0.1, -0.05) is 44.1 Å². The van der Waals surface area contributed by atoms with Crippen molar-refractivity contribution < 1.29 is 0 Å². The van der Waals surface area contributed by atoms with E-state index < -0.39 is 0 Å². The highest BCUT2D eigenvalue weighted by molar-refractivity contribution is 5.03. The predicted octanol–water partition coefficient (Wildman–Crippen LogP) is 5.12. The van der Waals surface area contributed by atoms with Gasteiger partial charge in [-0.25, -0.2) is 0 Å². The van der Waals surface area contributed by atoms with Crippen molar-refractivity contribution in [3.63, 3.8) is 0 Å². The topological polar surface area (TPSA) is 0 Å². The zero-order chi connectivity index (χ0) is 11.2. The fraction of sp³-hybridized carbons (Fsp3) is 0.714. The molecular weight excluding hydrogens is 168 g/mol. The molecule has 0 heterocycles. The van der Waals surface area contributed by atoms with Crippen molar-refractivity contribution in [1.82, 2.24) is 0 Å². The molecule has 0 bridgehead atoms. The second-order valence-corrected chi connectivity index (χ2v) is 5.64. The van der Waals surface area contributed by atoms with Crippen molar-refractivity contribution in [2.45, 2.75) is 60.8 Å². The molecule has 0 aromatic heterocycles. The van der Waals surface area contributed by atoms with Crippen LogP contribution in [0.5, 0.6) is 0 Å². The van der Waals surface area contributed by atoms with E-state index in [2.05, 4.69) is 53.7 Å². The fourth-order valence-electron chi connectivity index (χ4n) is 1.17. The molecule has 0 unspecified atom stereocenters. The average molecular weight is 194 g/mol. The van der Waals surface area contributed by atoms with Crippen molar-refractivity contribution >= 4 is 0 Å². The summed E-state index contributed by atoms with van der Waals surface area (Å²) in [7, 11) is 0. The Kier molecular flexibility index (Phi) is 5.83. The zero-order valence-corrected chi connectivity index (χ0v) is 10.8. The van der Waals surface area contributed by atoms with Gasteiger partial charge in [0.15, 0.2) is 0 Å². The Bertz CT molecular complexity index is 207. The molecule has 0 heteroatoms. The molecule has 0 N–H and O–H groups in total. The largest absolute Gasteiger partial charge is 0.0856 e. The normalized spacial score (nSPS) is 12.9. The first kappa shape index (κ1) is 13.5. The van der Waals surface area contributed by atoms with Crippen LogP contribution in [0.3, 0.4) is 0 Å². The summed E-state index contributed by atoms with van der Waals surface area (Å²) in [5, 5.41) is 0. The molecule has 0 rings (SSSR count). The molecule has 0 saturated heterocycles. The molecule has 0 nitrogen and oxygen atoms in total. The van der Waals surface area contributed by atoms with Crippen LogP contribution in [0.15, 0.2) is 23.3 Å². The summed E-state index contributed by atoms with van der Waals surface area (Å²) in [5.41, 5.74) is 3.38. The second-order valence-electron chi connectivity index (χ2n) is 5.64. The molecule has 0 fully saturated rings. The Labute approximate surface area is 90.1 Å². The summed E-state index contributed by atoms with van der Waals surface area (Å²) in [6, 6.07) is 0. The Morgan fingerprint density at radius 3 is 2.00 bits per heavy atom. The minimum atomic E-state index is 0.428. The first-order chi connectivity index (χ1) is 6.31. The standard InChI is InChI=1S/C14H26/c1-12(2)8-7-9-13(3)10-11-14(4,5)6/h8,10H,7,9,11H2,1-6H3. The van der Waals surface area contributed by atoms with E-state index in [1.807, 2.05) is 0 Å². The van der Waals surface area contributed by atoms with Crippen molar-refractivity contribution in [3.8, 4) is 0 Å². The average Bonchev–Trinajstić information content (AvgIpc) is 1.99. The Hall–Kier alpha value is -0.520. The Morgan fingerprint density at radius 1 is 1.00 bits per heavy atom. The Morgan fingerprint density at radius 2 is 1.57 bits per heavy atom. The molecule has 0 aliphatic carbocycles. The van der Waals surface area contributed by atoms with Crippen LogP contribution in [0.25, 0.3) is 0 Å². The first-order valence-electron chi connectivity index (χ1n) is 5.60. The molecule has 0 radical (unpaired) electrons. The van der Waals surface area contributed by atoms with Gasteiger partial charge in [0.1, 0.15) is 0 Å². The van der Waals surface area contributed by atoms with E-state index in [-0.39, 0.29) is 0 Å². The Balaban J connectivity index is 3.85. The summed E-state index contributed by atoms with van der Waals surface area (Å²) >= 11 is 0. The number of allylic oxidation sites excluding steroid dienone is 4. The highest BCUT2D eigenvalue weighted by atomic mass is 14.1. The third-order valence-corrected chi connectivity index (χ3v) is 2.15. The van der Waals surface area contributed by atoms with Gasteiger partial charge in [0, 0.05) is 0 Å². The molecule has 0 saturated carbocycles. The van der Waals surface area contributed by atoms with Crippen LogP contribution in [-0.4, -0.2) is 0 Å². The molecule has 0 atom stereocenters. The summed E-state index contributed by atoms with van der Waals surface area (Å²) in [6.07, 6.45) is 8.29. The van der Waals surface area contributed by atoms with Gasteiger partial charge in [-0.05, 0) is 45.4 Å². The second kappa shape index (κ2) is 6.06. The number of hydrogen-bond acceptors (Lipinski definition) is 0. The van der Waals surface area contributed by atoms with Crippen LogP contribution >= 0.6 is 0 Å². The lowest BCUT2D eigenvalue weighted by molar-refractivity contribution is 0.419. The smallest absolute Gasteiger partial charge is 0.0288 e. The SMILES string of the molecule is CC(C)=CCCC(C)=CCC(C)(C)C. The third kappa shape index (κ3) is 9.57. The highest BCUT2D eigenvalue weighted by Crippen LogP contribution is 2.20. The molecule has 0 aliphatic heterocycles. The minimum Gasteiger partial charge on any atom is -0.0856 e. The van der Waals surface area contributed by atoms with E-state index in [4.69, 9.17) is 0 Å². The fourth-order valence-corrected chi connectivity index (χ4v) is 1.17. The molecule has 0 aromatic carbocycles. The van der Waals surface area contributed by atoms with Crippen molar-refractivity contribution in [2.24, 2.45) is 5.41 Å². The van der Waals surface area contributed by atoms with E-state index in [1.54, 1.807) is 0 Å². The van der Waals surface area contributed by atoms with Crippen molar-refractivity contribution in [3.05, 3.63) is 23.3 Å². The van der Waals surface area contributed by atoms with E-state index >= 15 is 0 Å². The highest BCUT2D eigenvalue weighted by Gasteiger charge is 2.06. The molecular formula is C14H26. The summed E-state index contributed by atoms with van der Waals surface area (Å²) in [4.78, 5) is 0. The summed E-state index contributed by atoms with van der Waals surface area (Å²) < 4.78 is 0. The maximum atomic E-state index is 2.39. The van der Waals surface area contributed by atoms with E-state index in [0.717, 1.165) is 0 Å². The number of rotatable bonds is 4. The molecule has 82 valence electrons. The molecule has 0 aliphatic rings. The van der Waals surface area contributed by atoms with Gasteiger partial charge in [-0.15, -0.1) is 0 Å². The van der Waals surface area contributed by atoms with E-state index in [0.29, 0.717) is 5.41 Å². The zero-order valence-electron chi connectivity index (χ0n) is 10.8. The van der Waals surface area contributed by atoms with Gasteiger partial charge in [0.25, 0.3) is 0 Å². The van der Waals surface area contributed by atoms with Gasteiger partial charge in [-0.3, -0.25) is 0 Å². The van der Waals surface area contributed by atoms with Crippen molar-refractivity contribution in [2.75, 3.05) is 0 Å². The minimum absolute atomic E-state index is 0.428. The summed E-state index contributed by atoms with van der Waals surface area (Å²) in [6.45, 7) is 13.4. The summed E-state index contributed by atoms with van der Waals surface area (Å²) in [5.74, 6) is 0. The van der Waals surface area contributed by atoms with E-state index in [9.17, 15) is 0 Å². The molecule has 0 aromatic rings. The third-order valence-electron chi connectivity index (χ3n) is 2.15. The lowest BCUT2D eigenvalue weighted by Gasteiger charge is -2.15. The van der Waals surface area contributed by atoms with Crippen LogP contribution < -0.4 is 0 Å². The van der Waals surface area contributed by atoms with Crippen LogP contribution in [0, 0.1) is 5.41 Å². The van der Waals surface area contributed by atoms with Crippen LogP contribution in [0.4, 0.5) is 0 Å². The van der Waals surface area contributed by atoms with Gasteiger partial charge in [-0.2, -0.15) is 0 Å². The first-order valence-corrected chi connectivity index (χ1v) is 5.60. The molecule has 14 heavy (non-hydrogen) atoms.